The van der Waals surface area contributed by atoms with Crippen molar-refractivity contribution in [1.29, 1.82) is 0 Å². The standard InChI is InChI=1S/C19H14FN5/c20-13-8-6-12(7-9-13)15-10-11-16-17(23-15)18(25-19(21)24-16)22-14-4-2-1-3-5-14/h1-11H,(H3,21,22,24,25). The van der Waals surface area contributed by atoms with Gasteiger partial charge in [-0.05, 0) is 48.5 Å². The molecule has 0 bridgehead atoms. The number of nitrogens with zero attached hydrogens (tertiary/aromatic N) is 3. The van der Waals surface area contributed by atoms with Crippen LogP contribution in [0, 0.1) is 5.82 Å². The molecule has 3 N–H and O–H groups in total. The number of anilines is 3. The van der Waals surface area contributed by atoms with E-state index < -0.39 is 0 Å². The van der Waals surface area contributed by atoms with E-state index in [4.69, 9.17) is 5.73 Å². The van der Waals surface area contributed by atoms with Crippen LogP contribution in [0.5, 0.6) is 0 Å². The number of nitrogen functional groups attached to an aromatic ring is 1. The molecule has 0 saturated heterocycles. The summed E-state index contributed by atoms with van der Waals surface area (Å²) < 4.78 is 13.1. The van der Waals surface area contributed by atoms with Crippen LogP contribution >= 0.6 is 0 Å². The number of fused-ring (bicyclic) bond motifs is 1. The summed E-state index contributed by atoms with van der Waals surface area (Å²) in [6.45, 7) is 0. The van der Waals surface area contributed by atoms with Crippen LogP contribution in [0.1, 0.15) is 0 Å². The van der Waals surface area contributed by atoms with E-state index >= 15 is 0 Å². The van der Waals surface area contributed by atoms with Gasteiger partial charge in [0.2, 0.25) is 5.95 Å². The summed E-state index contributed by atoms with van der Waals surface area (Å²) >= 11 is 0. The molecule has 6 heteroatoms. The summed E-state index contributed by atoms with van der Waals surface area (Å²) in [7, 11) is 0. The zero-order chi connectivity index (χ0) is 17.2. The van der Waals surface area contributed by atoms with Crippen molar-refractivity contribution in [2.45, 2.75) is 0 Å². The molecule has 4 aromatic rings. The predicted molar refractivity (Wildman–Crippen MR) is 96.9 cm³/mol. The van der Waals surface area contributed by atoms with Gasteiger partial charge >= 0.3 is 0 Å². The molecule has 4 rings (SSSR count). The maximum Gasteiger partial charge on any atom is 0.222 e. The topological polar surface area (TPSA) is 76.7 Å². The van der Waals surface area contributed by atoms with Gasteiger partial charge in [-0.15, -0.1) is 0 Å². The van der Waals surface area contributed by atoms with Crippen LogP contribution in [0.15, 0.2) is 66.7 Å². The highest BCUT2D eigenvalue weighted by Gasteiger charge is 2.10. The Morgan fingerprint density at radius 1 is 0.800 bits per heavy atom. The summed E-state index contributed by atoms with van der Waals surface area (Å²) in [5.74, 6) is 0.409. The summed E-state index contributed by atoms with van der Waals surface area (Å²) in [4.78, 5) is 13.2. The fourth-order valence-corrected chi connectivity index (χ4v) is 2.56. The molecular weight excluding hydrogens is 317 g/mol. The molecule has 0 unspecified atom stereocenters. The molecule has 0 aliphatic carbocycles. The van der Waals surface area contributed by atoms with Gasteiger partial charge in [0.1, 0.15) is 11.3 Å². The van der Waals surface area contributed by atoms with Crippen molar-refractivity contribution in [2.24, 2.45) is 0 Å². The molecule has 5 nitrogen and oxygen atoms in total. The Balaban J connectivity index is 1.83. The number of halogens is 1. The number of hydrogen-bond donors (Lipinski definition) is 2. The molecule has 0 amide bonds. The van der Waals surface area contributed by atoms with Gasteiger partial charge in [0, 0.05) is 11.3 Å². The largest absolute Gasteiger partial charge is 0.368 e. The Labute approximate surface area is 143 Å². The zero-order valence-corrected chi connectivity index (χ0v) is 13.1. The first-order valence-electron chi connectivity index (χ1n) is 7.71. The average Bonchev–Trinajstić information content (AvgIpc) is 2.63. The van der Waals surface area contributed by atoms with Crippen LogP contribution < -0.4 is 11.1 Å². The van der Waals surface area contributed by atoms with E-state index in [1.807, 2.05) is 42.5 Å². The lowest BCUT2D eigenvalue weighted by Gasteiger charge is -2.10. The highest BCUT2D eigenvalue weighted by Crippen LogP contribution is 2.26. The molecule has 0 spiro atoms. The number of nitrogens with one attached hydrogen (secondary N) is 1. The Bertz CT molecular complexity index is 1030. The van der Waals surface area contributed by atoms with Crippen molar-refractivity contribution < 1.29 is 4.39 Å². The van der Waals surface area contributed by atoms with Crippen molar-refractivity contribution in [3.8, 4) is 11.3 Å². The third-order valence-corrected chi connectivity index (χ3v) is 3.74. The normalized spacial score (nSPS) is 10.8. The van der Waals surface area contributed by atoms with E-state index in [0.717, 1.165) is 11.3 Å². The molecule has 2 aromatic carbocycles. The lowest BCUT2D eigenvalue weighted by Crippen LogP contribution is -2.03. The second kappa shape index (κ2) is 6.16. The maximum absolute atomic E-state index is 13.1. The highest BCUT2D eigenvalue weighted by atomic mass is 19.1. The van der Waals surface area contributed by atoms with Crippen LogP contribution in [0.2, 0.25) is 0 Å². The number of pyridine rings is 1. The molecule has 2 heterocycles. The third kappa shape index (κ3) is 3.10. The molecule has 0 radical (unpaired) electrons. The monoisotopic (exact) mass is 331 g/mol. The van der Waals surface area contributed by atoms with E-state index in [2.05, 4.69) is 20.3 Å². The quantitative estimate of drug-likeness (QED) is 0.589. The lowest BCUT2D eigenvalue weighted by molar-refractivity contribution is 0.628. The van der Waals surface area contributed by atoms with Gasteiger partial charge in [0.25, 0.3) is 0 Å². The van der Waals surface area contributed by atoms with E-state index in [1.54, 1.807) is 12.1 Å². The van der Waals surface area contributed by atoms with E-state index in [-0.39, 0.29) is 11.8 Å². The van der Waals surface area contributed by atoms with Crippen molar-refractivity contribution in [2.75, 3.05) is 11.1 Å². The Hall–Kier alpha value is -3.54. The predicted octanol–water partition coefficient (Wildman–Crippen LogP) is 4.16. The number of nitrogens with two attached hydrogens (primary N) is 1. The Morgan fingerprint density at radius 3 is 2.32 bits per heavy atom. The van der Waals surface area contributed by atoms with Crippen LogP contribution in [0.3, 0.4) is 0 Å². The SMILES string of the molecule is Nc1nc(Nc2ccccc2)c2nc(-c3ccc(F)cc3)ccc2n1. The number of para-hydroxylation sites is 1. The van der Waals surface area contributed by atoms with Gasteiger partial charge in [-0.3, -0.25) is 0 Å². The highest BCUT2D eigenvalue weighted by molar-refractivity contribution is 5.89. The Kier molecular flexibility index (Phi) is 3.70. The van der Waals surface area contributed by atoms with E-state index in [1.165, 1.54) is 12.1 Å². The molecular formula is C19H14FN5. The molecule has 2 aromatic heterocycles. The molecule has 0 aliphatic heterocycles. The molecule has 122 valence electrons. The van der Waals surface area contributed by atoms with Gasteiger partial charge in [0.05, 0.1) is 11.2 Å². The van der Waals surface area contributed by atoms with E-state index in [0.29, 0.717) is 22.5 Å². The summed E-state index contributed by atoms with van der Waals surface area (Å²) in [5, 5.41) is 3.22. The van der Waals surface area contributed by atoms with Crippen LogP contribution in [-0.2, 0) is 0 Å². The first-order valence-corrected chi connectivity index (χ1v) is 7.71. The molecule has 25 heavy (non-hydrogen) atoms. The first kappa shape index (κ1) is 15.0. The van der Waals surface area contributed by atoms with Crippen molar-refractivity contribution >= 4 is 28.5 Å². The Morgan fingerprint density at radius 2 is 1.56 bits per heavy atom. The van der Waals surface area contributed by atoms with Crippen LogP contribution in [-0.4, -0.2) is 15.0 Å². The van der Waals surface area contributed by atoms with Gasteiger partial charge < -0.3 is 11.1 Å². The van der Waals surface area contributed by atoms with Crippen LogP contribution in [0.25, 0.3) is 22.3 Å². The van der Waals surface area contributed by atoms with Crippen LogP contribution in [0.4, 0.5) is 21.8 Å². The number of benzene rings is 2. The summed E-state index contributed by atoms with van der Waals surface area (Å²) in [5.41, 5.74) is 9.43. The zero-order valence-electron chi connectivity index (χ0n) is 13.1. The molecule has 0 saturated carbocycles. The smallest absolute Gasteiger partial charge is 0.222 e. The fraction of sp³-hybridized carbons (Fsp3) is 0. The van der Waals surface area contributed by atoms with Crippen molar-refractivity contribution in [1.82, 2.24) is 15.0 Å². The fourth-order valence-electron chi connectivity index (χ4n) is 2.56. The molecule has 0 aliphatic rings. The minimum Gasteiger partial charge on any atom is -0.368 e. The number of hydrogen-bond acceptors (Lipinski definition) is 5. The summed E-state index contributed by atoms with van der Waals surface area (Å²) in [6, 6.07) is 19.5. The molecule has 0 fully saturated rings. The van der Waals surface area contributed by atoms with Gasteiger partial charge in [-0.1, -0.05) is 18.2 Å². The first-order chi connectivity index (χ1) is 12.2. The summed E-state index contributed by atoms with van der Waals surface area (Å²) in [6.07, 6.45) is 0. The molecule has 0 atom stereocenters. The third-order valence-electron chi connectivity index (χ3n) is 3.74. The number of rotatable bonds is 3. The lowest BCUT2D eigenvalue weighted by atomic mass is 10.1. The van der Waals surface area contributed by atoms with Crippen molar-refractivity contribution in [3.63, 3.8) is 0 Å². The van der Waals surface area contributed by atoms with Gasteiger partial charge in [0.15, 0.2) is 5.82 Å². The maximum atomic E-state index is 13.1. The second-order valence-corrected chi connectivity index (χ2v) is 5.49. The van der Waals surface area contributed by atoms with E-state index in [9.17, 15) is 4.39 Å². The minimum absolute atomic E-state index is 0.169. The van der Waals surface area contributed by atoms with Crippen molar-refractivity contribution in [3.05, 3.63) is 72.5 Å². The number of aromatic nitrogens is 3. The average molecular weight is 331 g/mol. The van der Waals surface area contributed by atoms with Gasteiger partial charge in [-0.2, -0.15) is 4.98 Å². The second-order valence-electron chi connectivity index (χ2n) is 5.49. The van der Waals surface area contributed by atoms with Gasteiger partial charge in [-0.25, -0.2) is 14.4 Å². The minimum atomic E-state index is -0.285.